The van der Waals surface area contributed by atoms with Crippen molar-refractivity contribution in [3.8, 4) is 11.5 Å². The van der Waals surface area contributed by atoms with Crippen LogP contribution in [0.15, 0.2) is 27.7 Å². The Hall–Kier alpha value is -3.14. The number of rotatable bonds is 4. The first-order valence-electron chi connectivity index (χ1n) is 8.66. The smallest absolute Gasteiger partial charge is 0.326 e. The maximum atomic E-state index is 12.5. The fourth-order valence-corrected chi connectivity index (χ4v) is 3.83. The molecule has 146 valence electrons. The maximum absolute atomic E-state index is 12.5. The molecular weight excluding hydrogens is 386 g/mol. The SMILES string of the molecule is CCOC(=O)Cn1c(=NC(=O)c2cc(C)on2)sc2cc3c(cc21)OCCO3. The second-order valence-corrected chi connectivity index (χ2v) is 6.99. The lowest BCUT2D eigenvalue weighted by Crippen LogP contribution is -2.23. The summed E-state index contributed by atoms with van der Waals surface area (Å²) in [5, 5.41) is 3.69. The van der Waals surface area contributed by atoms with Crippen LogP contribution in [-0.2, 0) is 16.1 Å². The molecule has 3 heterocycles. The highest BCUT2D eigenvalue weighted by molar-refractivity contribution is 7.16. The van der Waals surface area contributed by atoms with Crippen molar-refractivity contribution < 1.29 is 28.3 Å². The van der Waals surface area contributed by atoms with Gasteiger partial charge in [-0.3, -0.25) is 9.59 Å². The summed E-state index contributed by atoms with van der Waals surface area (Å²) in [6.45, 7) is 4.51. The summed E-state index contributed by atoms with van der Waals surface area (Å²) in [6, 6.07) is 5.11. The van der Waals surface area contributed by atoms with Crippen LogP contribution in [0.5, 0.6) is 11.5 Å². The molecule has 28 heavy (non-hydrogen) atoms. The summed E-state index contributed by atoms with van der Waals surface area (Å²) in [6.07, 6.45) is 0. The molecule has 1 amide bonds. The first-order chi connectivity index (χ1) is 13.5. The largest absolute Gasteiger partial charge is 0.486 e. The van der Waals surface area contributed by atoms with E-state index in [2.05, 4.69) is 10.1 Å². The van der Waals surface area contributed by atoms with Crippen molar-refractivity contribution in [1.82, 2.24) is 9.72 Å². The standard InChI is InChI=1S/C18H17N3O6S/c1-3-24-16(22)9-21-12-7-13-14(26-5-4-25-13)8-15(12)28-18(21)19-17(23)11-6-10(2)27-20-11/h6-8H,3-5,9H2,1-2H3. The van der Waals surface area contributed by atoms with Crippen LogP contribution in [0.4, 0.5) is 0 Å². The molecule has 2 aromatic heterocycles. The van der Waals surface area contributed by atoms with Gasteiger partial charge in [0.2, 0.25) is 0 Å². The van der Waals surface area contributed by atoms with Gasteiger partial charge in [0.05, 0.1) is 16.8 Å². The molecule has 0 bridgehead atoms. The predicted molar refractivity (Wildman–Crippen MR) is 98.6 cm³/mol. The molecule has 0 aliphatic carbocycles. The molecular formula is C18H17N3O6S. The van der Waals surface area contributed by atoms with E-state index < -0.39 is 11.9 Å². The highest BCUT2D eigenvalue weighted by Crippen LogP contribution is 2.35. The third-order valence-corrected chi connectivity index (χ3v) is 5.02. The number of aromatic nitrogens is 2. The van der Waals surface area contributed by atoms with Crippen molar-refractivity contribution in [2.75, 3.05) is 19.8 Å². The quantitative estimate of drug-likeness (QED) is 0.614. The predicted octanol–water partition coefficient (Wildman–Crippen LogP) is 2.07. The van der Waals surface area contributed by atoms with E-state index in [4.69, 9.17) is 18.7 Å². The number of thiazole rings is 1. The van der Waals surface area contributed by atoms with Gasteiger partial charge in [0, 0.05) is 18.2 Å². The third-order valence-electron chi connectivity index (χ3n) is 3.98. The van der Waals surface area contributed by atoms with Crippen LogP contribution in [0, 0.1) is 6.92 Å². The zero-order chi connectivity index (χ0) is 19.7. The molecule has 1 aliphatic rings. The van der Waals surface area contributed by atoms with Gasteiger partial charge >= 0.3 is 11.9 Å². The Bertz CT molecular complexity index is 1130. The molecule has 0 saturated carbocycles. The van der Waals surface area contributed by atoms with Crippen LogP contribution >= 0.6 is 11.3 Å². The van der Waals surface area contributed by atoms with E-state index in [0.717, 1.165) is 4.70 Å². The number of hydrogen-bond acceptors (Lipinski definition) is 8. The van der Waals surface area contributed by atoms with E-state index >= 15 is 0 Å². The molecule has 0 fully saturated rings. The number of amides is 1. The number of carbonyl (C=O) groups is 2. The molecule has 0 radical (unpaired) electrons. The highest BCUT2D eigenvalue weighted by atomic mass is 32.1. The third kappa shape index (κ3) is 3.50. The van der Waals surface area contributed by atoms with Crippen molar-refractivity contribution >= 4 is 33.4 Å². The van der Waals surface area contributed by atoms with E-state index in [1.165, 1.54) is 17.4 Å². The average Bonchev–Trinajstić information content (AvgIpc) is 3.24. The van der Waals surface area contributed by atoms with Gasteiger partial charge in [0.1, 0.15) is 25.5 Å². The minimum atomic E-state index is -0.557. The van der Waals surface area contributed by atoms with Gasteiger partial charge in [-0.2, -0.15) is 4.99 Å². The molecule has 0 unspecified atom stereocenters. The maximum Gasteiger partial charge on any atom is 0.326 e. The Morgan fingerprint density at radius 1 is 1.25 bits per heavy atom. The molecule has 4 rings (SSSR count). The normalized spacial score (nSPS) is 13.7. The van der Waals surface area contributed by atoms with Crippen molar-refractivity contribution in [1.29, 1.82) is 0 Å². The van der Waals surface area contributed by atoms with Gasteiger partial charge in [0.25, 0.3) is 0 Å². The number of hydrogen-bond donors (Lipinski definition) is 0. The summed E-state index contributed by atoms with van der Waals surface area (Å²) in [4.78, 5) is 29.1. The Morgan fingerprint density at radius 2 is 2.00 bits per heavy atom. The van der Waals surface area contributed by atoms with Crippen LogP contribution in [0.3, 0.4) is 0 Å². The molecule has 1 aliphatic heterocycles. The number of nitrogens with zero attached hydrogens (tertiary/aromatic N) is 3. The van der Waals surface area contributed by atoms with Crippen molar-refractivity contribution in [2.24, 2.45) is 4.99 Å². The Balaban J connectivity index is 1.84. The van der Waals surface area contributed by atoms with E-state index in [9.17, 15) is 9.59 Å². The second kappa shape index (κ2) is 7.47. The lowest BCUT2D eigenvalue weighted by atomic mass is 10.2. The number of carbonyl (C=O) groups excluding carboxylic acids is 2. The van der Waals surface area contributed by atoms with E-state index in [1.54, 1.807) is 24.5 Å². The van der Waals surface area contributed by atoms with Gasteiger partial charge in [-0.15, -0.1) is 0 Å². The summed E-state index contributed by atoms with van der Waals surface area (Å²) in [5.74, 6) is 0.727. The fourth-order valence-electron chi connectivity index (χ4n) is 2.79. The number of esters is 1. The highest BCUT2D eigenvalue weighted by Gasteiger charge is 2.19. The molecule has 10 heteroatoms. The number of aryl methyl sites for hydroxylation is 1. The Labute approximate surface area is 163 Å². The zero-order valence-corrected chi connectivity index (χ0v) is 16.1. The van der Waals surface area contributed by atoms with Crippen molar-refractivity contribution in [3.63, 3.8) is 0 Å². The molecule has 0 spiro atoms. The summed E-state index contributed by atoms with van der Waals surface area (Å²) >= 11 is 1.26. The first kappa shape index (κ1) is 18.2. The Kier molecular flexibility index (Phi) is 4.86. The van der Waals surface area contributed by atoms with E-state index in [1.807, 2.05) is 6.07 Å². The van der Waals surface area contributed by atoms with Gasteiger partial charge in [-0.25, -0.2) is 0 Å². The minimum Gasteiger partial charge on any atom is -0.486 e. The van der Waals surface area contributed by atoms with Crippen LogP contribution in [-0.4, -0.2) is 41.4 Å². The monoisotopic (exact) mass is 403 g/mol. The average molecular weight is 403 g/mol. The molecule has 0 N–H and O–H groups in total. The molecule has 9 nitrogen and oxygen atoms in total. The lowest BCUT2D eigenvalue weighted by Gasteiger charge is -2.18. The summed E-state index contributed by atoms with van der Waals surface area (Å²) < 4.78 is 23.7. The van der Waals surface area contributed by atoms with Crippen LogP contribution < -0.4 is 14.3 Å². The zero-order valence-electron chi connectivity index (χ0n) is 15.3. The van der Waals surface area contributed by atoms with Crippen molar-refractivity contribution in [3.05, 3.63) is 34.5 Å². The number of benzene rings is 1. The molecule has 3 aromatic rings. The lowest BCUT2D eigenvalue weighted by molar-refractivity contribution is -0.143. The summed E-state index contributed by atoms with van der Waals surface area (Å²) in [7, 11) is 0. The molecule has 0 atom stereocenters. The van der Waals surface area contributed by atoms with E-state index in [-0.39, 0.29) is 18.8 Å². The van der Waals surface area contributed by atoms with Crippen molar-refractivity contribution in [2.45, 2.75) is 20.4 Å². The van der Waals surface area contributed by atoms with Crippen LogP contribution in [0.2, 0.25) is 0 Å². The molecule has 0 saturated heterocycles. The van der Waals surface area contributed by atoms with Gasteiger partial charge < -0.3 is 23.3 Å². The van der Waals surface area contributed by atoms with Crippen LogP contribution in [0.1, 0.15) is 23.2 Å². The topological polar surface area (TPSA) is 105 Å². The number of fused-ring (bicyclic) bond motifs is 2. The van der Waals surface area contributed by atoms with Gasteiger partial charge in [-0.05, 0) is 13.8 Å². The second-order valence-electron chi connectivity index (χ2n) is 5.98. The Morgan fingerprint density at radius 3 is 2.68 bits per heavy atom. The fraction of sp³-hybridized carbons (Fsp3) is 0.333. The number of ether oxygens (including phenoxy) is 3. The van der Waals surface area contributed by atoms with Crippen LogP contribution in [0.25, 0.3) is 10.2 Å². The first-order valence-corrected chi connectivity index (χ1v) is 9.48. The molecule has 1 aromatic carbocycles. The van der Waals surface area contributed by atoms with E-state index in [0.29, 0.717) is 40.8 Å². The summed E-state index contributed by atoms with van der Waals surface area (Å²) in [5.41, 5.74) is 0.800. The van der Waals surface area contributed by atoms with Gasteiger partial charge in [-0.1, -0.05) is 16.5 Å². The van der Waals surface area contributed by atoms with Gasteiger partial charge in [0.15, 0.2) is 22.0 Å². The minimum absolute atomic E-state index is 0.0859.